The van der Waals surface area contributed by atoms with Crippen LogP contribution in [0.1, 0.15) is 37.7 Å². The monoisotopic (exact) mass is 297 g/mol. The molecule has 22 heavy (non-hydrogen) atoms. The van der Waals surface area contributed by atoms with Gasteiger partial charge in [-0.05, 0) is 73.6 Å². The van der Waals surface area contributed by atoms with E-state index in [1.807, 2.05) is 12.1 Å². The predicted octanol–water partition coefficient (Wildman–Crippen LogP) is 5.08. The summed E-state index contributed by atoms with van der Waals surface area (Å²) in [4.78, 5) is 2.57. The summed E-state index contributed by atoms with van der Waals surface area (Å²) < 4.78 is 13.0. The minimum absolute atomic E-state index is 0.184. The van der Waals surface area contributed by atoms with Crippen LogP contribution >= 0.6 is 0 Å². The number of benzene rings is 2. The molecule has 1 atom stereocenters. The molecule has 116 valence electrons. The molecule has 1 aliphatic heterocycles. The van der Waals surface area contributed by atoms with Crippen LogP contribution in [-0.2, 0) is 0 Å². The van der Waals surface area contributed by atoms with Crippen LogP contribution in [0, 0.1) is 5.82 Å². The highest BCUT2D eigenvalue weighted by Crippen LogP contribution is 2.25. The maximum atomic E-state index is 13.0. The maximum absolute atomic E-state index is 13.0. The summed E-state index contributed by atoms with van der Waals surface area (Å²) in [5, 5.41) is 0. The van der Waals surface area contributed by atoms with Crippen molar-refractivity contribution in [2.45, 2.75) is 32.1 Å². The molecule has 1 nitrogen and oxygen atoms in total. The molecule has 0 saturated carbocycles. The zero-order valence-corrected chi connectivity index (χ0v) is 13.3. The summed E-state index contributed by atoms with van der Waals surface area (Å²) in [6, 6.07) is 15.4. The molecule has 1 fully saturated rings. The molecule has 2 aromatic rings. The van der Waals surface area contributed by atoms with Gasteiger partial charge in [0.05, 0.1) is 0 Å². The maximum Gasteiger partial charge on any atom is 0.123 e. The lowest BCUT2D eigenvalue weighted by Crippen LogP contribution is -2.21. The van der Waals surface area contributed by atoms with E-state index in [4.69, 9.17) is 0 Å². The smallest absolute Gasteiger partial charge is 0.123 e. The number of rotatable bonds is 5. The summed E-state index contributed by atoms with van der Waals surface area (Å²) in [6.45, 7) is 6.07. The zero-order chi connectivity index (χ0) is 15.4. The van der Waals surface area contributed by atoms with Gasteiger partial charge in [0, 0.05) is 0 Å². The van der Waals surface area contributed by atoms with Crippen LogP contribution in [0.4, 0.5) is 4.39 Å². The van der Waals surface area contributed by atoms with Crippen molar-refractivity contribution in [3.63, 3.8) is 0 Å². The third kappa shape index (κ3) is 3.75. The molecule has 0 radical (unpaired) electrons. The normalized spacial score (nSPS) is 16.8. The molecule has 1 heterocycles. The number of nitrogens with zero attached hydrogens (tertiary/aromatic N) is 1. The number of likely N-dealkylation sites (tertiary alicyclic amines) is 1. The predicted molar refractivity (Wildman–Crippen MR) is 90.5 cm³/mol. The molecular weight excluding hydrogens is 273 g/mol. The second kappa shape index (κ2) is 7.06. The van der Waals surface area contributed by atoms with Gasteiger partial charge in [0.25, 0.3) is 0 Å². The van der Waals surface area contributed by atoms with Gasteiger partial charge < -0.3 is 4.90 Å². The Bertz CT molecular complexity index is 582. The van der Waals surface area contributed by atoms with Gasteiger partial charge in [0.1, 0.15) is 5.82 Å². The van der Waals surface area contributed by atoms with Crippen molar-refractivity contribution in [2.24, 2.45) is 0 Å². The van der Waals surface area contributed by atoms with Crippen LogP contribution in [0.25, 0.3) is 11.1 Å². The van der Waals surface area contributed by atoms with Crippen molar-refractivity contribution in [3.05, 3.63) is 59.9 Å². The van der Waals surface area contributed by atoms with E-state index < -0.39 is 0 Å². The average molecular weight is 297 g/mol. The van der Waals surface area contributed by atoms with Crippen molar-refractivity contribution in [1.29, 1.82) is 0 Å². The first-order valence-electron chi connectivity index (χ1n) is 8.30. The van der Waals surface area contributed by atoms with Crippen LogP contribution in [0.15, 0.2) is 48.5 Å². The molecule has 0 bridgehead atoms. The fourth-order valence-corrected chi connectivity index (χ4v) is 3.20. The van der Waals surface area contributed by atoms with Crippen LogP contribution < -0.4 is 0 Å². The van der Waals surface area contributed by atoms with E-state index in [1.165, 1.54) is 56.6 Å². The minimum atomic E-state index is -0.184. The third-order valence-corrected chi connectivity index (χ3v) is 4.73. The van der Waals surface area contributed by atoms with E-state index in [0.29, 0.717) is 5.92 Å². The van der Waals surface area contributed by atoms with E-state index in [0.717, 1.165) is 11.1 Å². The Morgan fingerprint density at radius 3 is 2.05 bits per heavy atom. The van der Waals surface area contributed by atoms with E-state index in [-0.39, 0.29) is 5.82 Å². The van der Waals surface area contributed by atoms with Crippen LogP contribution in [-0.4, -0.2) is 24.5 Å². The van der Waals surface area contributed by atoms with E-state index in [1.54, 1.807) is 0 Å². The van der Waals surface area contributed by atoms with Crippen molar-refractivity contribution in [2.75, 3.05) is 19.6 Å². The Kier molecular flexibility index (Phi) is 4.89. The molecule has 1 saturated heterocycles. The van der Waals surface area contributed by atoms with Crippen molar-refractivity contribution in [3.8, 4) is 11.1 Å². The van der Waals surface area contributed by atoms with E-state index in [9.17, 15) is 4.39 Å². The summed E-state index contributed by atoms with van der Waals surface area (Å²) in [5.74, 6) is 0.402. The Labute approximate surface area is 132 Å². The molecule has 0 aliphatic carbocycles. The molecular formula is C20H24FN. The minimum Gasteiger partial charge on any atom is -0.303 e. The van der Waals surface area contributed by atoms with Gasteiger partial charge in [-0.2, -0.15) is 0 Å². The van der Waals surface area contributed by atoms with Gasteiger partial charge in [-0.25, -0.2) is 4.39 Å². The Hall–Kier alpha value is -1.67. The van der Waals surface area contributed by atoms with Gasteiger partial charge in [0.15, 0.2) is 0 Å². The first-order valence-corrected chi connectivity index (χ1v) is 8.30. The lowest BCUT2D eigenvalue weighted by molar-refractivity contribution is 0.324. The van der Waals surface area contributed by atoms with Gasteiger partial charge in [-0.3, -0.25) is 0 Å². The van der Waals surface area contributed by atoms with E-state index in [2.05, 4.69) is 36.1 Å². The quantitative estimate of drug-likeness (QED) is 0.743. The lowest BCUT2D eigenvalue weighted by Gasteiger charge is -2.18. The highest BCUT2D eigenvalue weighted by atomic mass is 19.1. The standard InChI is InChI=1S/C20H24FN/c1-16(12-15-22-13-2-3-14-22)17-4-6-18(7-5-17)19-8-10-20(21)11-9-19/h4-11,16H,2-3,12-15H2,1H3. The van der Waals surface area contributed by atoms with Crippen molar-refractivity contribution in [1.82, 2.24) is 4.90 Å². The second-order valence-corrected chi connectivity index (χ2v) is 6.37. The molecule has 0 N–H and O–H groups in total. The largest absolute Gasteiger partial charge is 0.303 e. The van der Waals surface area contributed by atoms with Gasteiger partial charge in [-0.1, -0.05) is 43.3 Å². The Morgan fingerprint density at radius 2 is 1.45 bits per heavy atom. The molecule has 1 unspecified atom stereocenters. The Morgan fingerprint density at radius 1 is 0.909 bits per heavy atom. The SMILES string of the molecule is CC(CCN1CCCC1)c1ccc(-c2ccc(F)cc2)cc1. The summed E-state index contributed by atoms with van der Waals surface area (Å²) >= 11 is 0. The molecule has 0 aromatic heterocycles. The average Bonchev–Trinajstić information content (AvgIpc) is 3.07. The first kappa shape index (κ1) is 15.2. The molecule has 0 amide bonds. The second-order valence-electron chi connectivity index (χ2n) is 6.37. The third-order valence-electron chi connectivity index (χ3n) is 4.73. The molecule has 0 spiro atoms. The van der Waals surface area contributed by atoms with Crippen LogP contribution in [0.5, 0.6) is 0 Å². The summed E-state index contributed by atoms with van der Waals surface area (Å²) in [7, 11) is 0. The Balaban J connectivity index is 1.61. The van der Waals surface area contributed by atoms with Gasteiger partial charge in [-0.15, -0.1) is 0 Å². The van der Waals surface area contributed by atoms with Crippen LogP contribution in [0.3, 0.4) is 0 Å². The zero-order valence-electron chi connectivity index (χ0n) is 13.3. The molecule has 2 aromatic carbocycles. The topological polar surface area (TPSA) is 3.24 Å². The van der Waals surface area contributed by atoms with Gasteiger partial charge in [0.2, 0.25) is 0 Å². The molecule has 2 heteroatoms. The van der Waals surface area contributed by atoms with Crippen molar-refractivity contribution < 1.29 is 4.39 Å². The fraction of sp³-hybridized carbons (Fsp3) is 0.400. The van der Waals surface area contributed by atoms with Crippen molar-refractivity contribution >= 4 is 0 Å². The number of hydrogen-bond acceptors (Lipinski definition) is 1. The first-order chi connectivity index (χ1) is 10.7. The highest BCUT2D eigenvalue weighted by Gasteiger charge is 2.13. The summed E-state index contributed by atoms with van der Waals surface area (Å²) in [5.41, 5.74) is 3.61. The number of halogens is 1. The van der Waals surface area contributed by atoms with E-state index >= 15 is 0 Å². The number of hydrogen-bond donors (Lipinski definition) is 0. The highest BCUT2D eigenvalue weighted by molar-refractivity contribution is 5.63. The van der Waals surface area contributed by atoms with Gasteiger partial charge >= 0.3 is 0 Å². The molecule has 1 aliphatic rings. The fourth-order valence-electron chi connectivity index (χ4n) is 3.20. The summed E-state index contributed by atoms with van der Waals surface area (Å²) in [6.07, 6.45) is 3.94. The molecule has 3 rings (SSSR count). The van der Waals surface area contributed by atoms with Crippen LogP contribution in [0.2, 0.25) is 0 Å². The lowest BCUT2D eigenvalue weighted by atomic mass is 9.95.